The molecule has 0 bridgehead atoms. The molecule has 1 fully saturated rings. The summed E-state index contributed by atoms with van der Waals surface area (Å²) in [4.78, 5) is 17.6. The first-order valence-corrected chi connectivity index (χ1v) is 9.39. The number of aromatic nitrogens is 1. The number of hydrogen-bond donors (Lipinski definition) is 1. The third-order valence-electron chi connectivity index (χ3n) is 4.93. The lowest BCUT2D eigenvalue weighted by Gasteiger charge is -2.36. The Labute approximate surface area is 159 Å². The number of benzene rings is 2. The lowest BCUT2D eigenvalue weighted by Crippen LogP contribution is -2.44. The van der Waals surface area contributed by atoms with Gasteiger partial charge in [0.2, 0.25) is 5.91 Å². The molecule has 0 atom stereocenters. The van der Waals surface area contributed by atoms with Crippen LogP contribution in [0.2, 0.25) is 0 Å². The predicted molar refractivity (Wildman–Crippen MR) is 103 cm³/mol. The zero-order valence-corrected chi connectivity index (χ0v) is 16.0. The number of nitrogens with one attached hydrogen (secondary N) is 1. The van der Waals surface area contributed by atoms with Crippen LogP contribution in [-0.4, -0.2) is 24.1 Å². The predicted octanol–water partition coefficient (Wildman–Crippen LogP) is 4.59. The average molecular weight is 415 g/mol. The number of ether oxygens (including phenoxy) is 1. The summed E-state index contributed by atoms with van der Waals surface area (Å²) in [7, 11) is 0. The second-order valence-electron chi connectivity index (χ2n) is 6.57. The summed E-state index contributed by atoms with van der Waals surface area (Å²) >= 11 is 3.46. The van der Waals surface area contributed by atoms with Crippen molar-refractivity contribution in [2.24, 2.45) is 0 Å². The fourth-order valence-corrected chi connectivity index (χ4v) is 3.77. The smallest absolute Gasteiger partial charge is 0.235 e. The number of halogens is 1. The molecule has 134 valence electrons. The van der Waals surface area contributed by atoms with Gasteiger partial charge < -0.3 is 14.5 Å². The summed E-state index contributed by atoms with van der Waals surface area (Å²) in [6.07, 6.45) is 1.32. The molecule has 1 amide bonds. The van der Waals surface area contributed by atoms with Crippen molar-refractivity contribution in [1.82, 2.24) is 4.98 Å². The maximum atomic E-state index is 13.3. The number of anilines is 1. The van der Waals surface area contributed by atoms with Crippen molar-refractivity contribution in [1.29, 1.82) is 0 Å². The van der Waals surface area contributed by atoms with E-state index in [9.17, 15) is 4.79 Å². The van der Waals surface area contributed by atoms with E-state index in [4.69, 9.17) is 9.15 Å². The van der Waals surface area contributed by atoms with E-state index in [1.54, 1.807) is 0 Å². The number of oxazole rings is 1. The van der Waals surface area contributed by atoms with Crippen LogP contribution in [0.25, 0.3) is 11.1 Å². The van der Waals surface area contributed by atoms with Crippen molar-refractivity contribution < 1.29 is 13.9 Å². The lowest BCUT2D eigenvalue weighted by molar-refractivity contribution is -0.125. The monoisotopic (exact) mass is 414 g/mol. The number of nitrogens with zero attached hydrogens (tertiary/aromatic N) is 1. The van der Waals surface area contributed by atoms with Crippen molar-refractivity contribution in [3.8, 4) is 0 Å². The molecule has 26 heavy (non-hydrogen) atoms. The number of fused-ring (bicyclic) bond motifs is 1. The largest absolute Gasteiger partial charge is 0.441 e. The summed E-state index contributed by atoms with van der Waals surface area (Å²) in [5.41, 5.74) is 2.60. The van der Waals surface area contributed by atoms with Crippen LogP contribution in [0.15, 0.2) is 51.4 Å². The fourth-order valence-electron chi connectivity index (χ4n) is 3.51. The van der Waals surface area contributed by atoms with Crippen LogP contribution in [0, 0.1) is 6.92 Å². The van der Waals surface area contributed by atoms with E-state index in [0.29, 0.717) is 37.5 Å². The topological polar surface area (TPSA) is 64.4 Å². The molecule has 1 aliphatic rings. The molecule has 6 heteroatoms. The van der Waals surface area contributed by atoms with E-state index in [0.717, 1.165) is 21.2 Å². The number of hydrogen-bond acceptors (Lipinski definition) is 4. The number of rotatable bonds is 3. The van der Waals surface area contributed by atoms with E-state index in [1.165, 1.54) is 0 Å². The molecule has 1 N–H and O–H groups in total. The van der Waals surface area contributed by atoms with Gasteiger partial charge in [-0.3, -0.25) is 4.79 Å². The average Bonchev–Trinajstić information content (AvgIpc) is 3.02. The minimum atomic E-state index is -0.590. The van der Waals surface area contributed by atoms with Gasteiger partial charge >= 0.3 is 0 Å². The third-order valence-corrected chi connectivity index (χ3v) is 5.46. The Morgan fingerprint density at radius 3 is 2.62 bits per heavy atom. The second kappa shape index (κ2) is 6.85. The fraction of sp³-hybridized carbons (Fsp3) is 0.300. The summed E-state index contributed by atoms with van der Waals surface area (Å²) in [6.45, 7) is 2.96. The summed E-state index contributed by atoms with van der Waals surface area (Å²) in [6, 6.07) is 13.5. The molecule has 0 spiro atoms. The van der Waals surface area contributed by atoms with Crippen LogP contribution >= 0.6 is 15.9 Å². The zero-order chi connectivity index (χ0) is 18.1. The maximum Gasteiger partial charge on any atom is 0.235 e. The van der Waals surface area contributed by atoms with Gasteiger partial charge in [0.1, 0.15) is 5.52 Å². The maximum absolute atomic E-state index is 13.3. The van der Waals surface area contributed by atoms with E-state index in [-0.39, 0.29) is 5.91 Å². The molecule has 2 aromatic carbocycles. The molecule has 4 rings (SSSR count). The highest BCUT2D eigenvalue weighted by atomic mass is 79.9. The van der Waals surface area contributed by atoms with Gasteiger partial charge in [-0.2, -0.15) is 0 Å². The van der Waals surface area contributed by atoms with Gasteiger partial charge in [-0.15, -0.1) is 0 Å². The molecule has 0 unspecified atom stereocenters. The van der Waals surface area contributed by atoms with Gasteiger partial charge in [0.05, 0.1) is 5.41 Å². The van der Waals surface area contributed by atoms with Gasteiger partial charge in [0, 0.05) is 30.3 Å². The van der Waals surface area contributed by atoms with E-state index >= 15 is 0 Å². The Kier molecular flexibility index (Phi) is 4.54. The third kappa shape index (κ3) is 3.15. The quantitative estimate of drug-likeness (QED) is 0.680. The van der Waals surface area contributed by atoms with Crippen LogP contribution in [0.5, 0.6) is 0 Å². The van der Waals surface area contributed by atoms with Crippen LogP contribution in [0.1, 0.15) is 24.3 Å². The van der Waals surface area contributed by atoms with Crippen molar-refractivity contribution >= 4 is 38.6 Å². The SMILES string of the molecule is Cc1nc2cc(NC(=O)C3(c4ccc(Br)cc4)CCOCC3)ccc2o1. The van der Waals surface area contributed by atoms with E-state index in [1.807, 2.05) is 49.4 Å². The van der Waals surface area contributed by atoms with Crippen LogP contribution in [0.4, 0.5) is 5.69 Å². The molecular formula is C20H19BrN2O3. The first kappa shape index (κ1) is 17.2. The molecule has 2 heterocycles. The minimum Gasteiger partial charge on any atom is -0.441 e. The molecule has 1 aliphatic heterocycles. The van der Waals surface area contributed by atoms with Gasteiger partial charge in [-0.25, -0.2) is 4.98 Å². The summed E-state index contributed by atoms with van der Waals surface area (Å²) < 4.78 is 12.0. The Hall–Kier alpha value is -2.18. The second-order valence-corrected chi connectivity index (χ2v) is 7.49. The zero-order valence-electron chi connectivity index (χ0n) is 14.4. The number of aryl methyl sites for hydroxylation is 1. The standard InChI is InChI=1S/C20H19BrN2O3/c1-13-22-17-12-16(6-7-18(17)26-13)23-19(24)20(8-10-25-11-9-20)14-2-4-15(21)5-3-14/h2-7,12H,8-11H2,1H3,(H,23,24). The molecule has 0 aliphatic carbocycles. The number of carbonyl (C=O) groups excluding carboxylic acids is 1. The highest BCUT2D eigenvalue weighted by Crippen LogP contribution is 2.37. The Morgan fingerprint density at radius 2 is 1.88 bits per heavy atom. The molecule has 3 aromatic rings. The highest BCUT2D eigenvalue weighted by Gasteiger charge is 2.41. The molecule has 5 nitrogen and oxygen atoms in total. The van der Waals surface area contributed by atoms with Crippen molar-refractivity contribution in [2.75, 3.05) is 18.5 Å². The highest BCUT2D eigenvalue weighted by molar-refractivity contribution is 9.10. The lowest BCUT2D eigenvalue weighted by atomic mass is 9.73. The number of carbonyl (C=O) groups is 1. The minimum absolute atomic E-state index is 0.0114. The van der Waals surface area contributed by atoms with Crippen molar-refractivity contribution in [3.63, 3.8) is 0 Å². The molecule has 0 radical (unpaired) electrons. The van der Waals surface area contributed by atoms with Crippen LogP contribution in [0.3, 0.4) is 0 Å². The summed E-state index contributed by atoms with van der Waals surface area (Å²) in [5, 5.41) is 3.08. The van der Waals surface area contributed by atoms with Gasteiger partial charge in [-0.05, 0) is 48.7 Å². The first-order chi connectivity index (χ1) is 12.6. The molecule has 1 saturated heterocycles. The number of amides is 1. The summed E-state index contributed by atoms with van der Waals surface area (Å²) in [5.74, 6) is 0.599. The normalized spacial score (nSPS) is 16.5. The van der Waals surface area contributed by atoms with Gasteiger partial charge in [-0.1, -0.05) is 28.1 Å². The van der Waals surface area contributed by atoms with Crippen molar-refractivity contribution in [3.05, 3.63) is 58.4 Å². The first-order valence-electron chi connectivity index (χ1n) is 8.59. The molecular weight excluding hydrogens is 396 g/mol. The van der Waals surface area contributed by atoms with Gasteiger partial charge in [0.15, 0.2) is 11.5 Å². The van der Waals surface area contributed by atoms with Gasteiger partial charge in [0.25, 0.3) is 0 Å². The Morgan fingerprint density at radius 1 is 1.15 bits per heavy atom. The Bertz CT molecular complexity index is 943. The van der Waals surface area contributed by atoms with E-state index in [2.05, 4.69) is 26.2 Å². The van der Waals surface area contributed by atoms with Crippen molar-refractivity contribution in [2.45, 2.75) is 25.2 Å². The Balaban J connectivity index is 1.66. The molecule has 0 saturated carbocycles. The van der Waals surface area contributed by atoms with E-state index < -0.39 is 5.41 Å². The van der Waals surface area contributed by atoms with Crippen LogP contribution < -0.4 is 5.32 Å². The molecule has 1 aromatic heterocycles. The van der Waals surface area contributed by atoms with Crippen LogP contribution in [-0.2, 0) is 14.9 Å².